The Balaban J connectivity index is 2.72. The summed E-state index contributed by atoms with van der Waals surface area (Å²) in [6, 6.07) is 3.28. The van der Waals surface area contributed by atoms with Gasteiger partial charge in [0.2, 0.25) is 0 Å². The summed E-state index contributed by atoms with van der Waals surface area (Å²) in [4.78, 5) is 11.7. The minimum atomic E-state index is -0.474. The van der Waals surface area contributed by atoms with E-state index in [4.69, 9.17) is 16.0 Å². The number of carbonyl (C=O) groups excluding carboxylic acids is 1. The standard InChI is InChI=1S/C10H13BrClNO2/c1-6(12)10(2,3)13-9(14)7-4-5-8(11)15-7/h4-6H,1-3H3,(H,13,14). The molecule has 0 radical (unpaired) electrons. The smallest absolute Gasteiger partial charge is 0.287 e. The van der Waals surface area contributed by atoms with Gasteiger partial charge in [0.05, 0.1) is 10.9 Å². The van der Waals surface area contributed by atoms with Crippen LogP contribution in [0.25, 0.3) is 0 Å². The lowest BCUT2D eigenvalue weighted by Crippen LogP contribution is -2.48. The van der Waals surface area contributed by atoms with E-state index in [1.165, 1.54) is 0 Å². The van der Waals surface area contributed by atoms with Gasteiger partial charge in [0.1, 0.15) is 0 Å². The Kier molecular flexibility index (Phi) is 3.84. The molecule has 0 aliphatic carbocycles. The molecule has 0 spiro atoms. The molecule has 0 fully saturated rings. The highest BCUT2D eigenvalue weighted by atomic mass is 79.9. The largest absolute Gasteiger partial charge is 0.444 e. The van der Waals surface area contributed by atoms with Crippen molar-refractivity contribution in [3.05, 3.63) is 22.6 Å². The fraction of sp³-hybridized carbons (Fsp3) is 0.500. The zero-order chi connectivity index (χ0) is 11.6. The third-order valence-corrected chi connectivity index (χ3v) is 3.20. The number of furan rings is 1. The third-order valence-electron chi connectivity index (χ3n) is 2.23. The van der Waals surface area contributed by atoms with E-state index in [2.05, 4.69) is 21.2 Å². The molecule has 1 N–H and O–H groups in total. The normalized spacial score (nSPS) is 13.7. The van der Waals surface area contributed by atoms with Crippen LogP contribution < -0.4 is 5.32 Å². The van der Waals surface area contributed by atoms with E-state index in [1.807, 2.05) is 20.8 Å². The molecule has 1 atom stereocenters. The van der Waals surface area contributed by atoms with Gasteiger partial charge >= 0.3 is 0 Å². The van der Waals surface area contributed by atoms with E-state index in [9.17, 15) is 4.79 Å². The first-order chi connectivity index (χ1) is 6.83. The van der Waals surface area contributed by atoms with E-state index < -0.39 is 5.54 Å². The van der Waals surface area contributed by atoms with E-state index in [1.54, 1.807) is 12.1 Å². The Bertz CT molecular complexity index is 360. The first-order valence-electron chi connectivity index (χ1n) is 4.55. The molecule has 0 saturated heterocycles. The van der Waals surface area contributed by atoms with Gasteiger partial charge in [-0.25, -0.2) is 0 Å². The second-order valence-corrected chi connectivity index (χ2v) is 5.33. The average Bonchev–Trinajstić information content (AvgIpc) is 2.50. The minimum Gasteiger partial charge on any atom is -0.444 e. The Morgan fingerprint density at radius 3 is 2.60 bits per heavy atom. The fourth-order valence-corrected chi connectivity index (χ4v) is 1.25. The van der Waals surface area contributed by atoms with Crippen LogP contribution in [0.3, 0.4) is 0 Å². The summed E-state index contributed by atoms with van der Waals surface area (Å²) in [6.45, 7) is 5.56. The number of hydrogen-bond acceptors (Lipinski definition) is 2. The molecular formula is C10H13BrClNO2. The number of hydrogen-bond donors (Lipinski definition) is 1. The van der Waals surface area contributed by atoms with E-state index in [-0.39, 0.29) is 17.0 Å². The maximum Gasteiger partial charge on any atom is 0.287 e. The van der Waals surface area contributed by atoms with Crippen molar-refractivity contribution in [3.8, 4) is 0 Å². The fourth-order valence-electron chi connectivity index (χ4n) is 0.890. The molecule has 1 aromatic heterocycles. The molecule has 15 heavy (non-hydrogen) atoms. The Hall–Kier alpha value is -0.480. The monoisotopic (exact) mass is 293 g/mol. The summed E-state index contributed by atoms with van der Waals surface area (Å²) < 4.78 is 5.66. The summed E-state index contributed by atoms with van der Waals surface area (Å²) in [5.74, 6) is 0.00506. The van der Waals surface area contributed by atoms with Crippen LogP contribution in [-0.2, 0) is 0 Å². The van der Waals surface area contributed by atoms with Crippen molar-refractivity contribution in [1.29, 1.82) is 0 Å². The van der Waals surface area contributed by atoms with Gasteiger partial charge in [-0.05, 0) is 48.8 Å². The van der Waals surface area contributed by atoms with Gasteiger partial charge < -0.3 is 9.73 Å². The molecule has 1 amide bonds. The average molecular weight is 295 g/mol. The molecule has 1 rings (SSSR count). The molecule has 1 heterocycles. The first kappa shape index (κ1) is 12.6. The maximum atomic E-state index is 11.7. The second-order valence-electron chi connectivity index (χ2n) is 3.90. The molecule has 0 aliphatic rings. The van der Waals surface area contributed by atoms with Gasteiger partial charge in [0.25, 0.3) is 5.91 Å². The molecule has 0 aromatic carbocycles. The van der Waals surface area contributed by atoms with Crippen LogP contribution in [0.2, 0.25) is 0 Å². The van der Waals surface area contributed by atoms with Crippen molar-refractivity contribution < 1.29 is 9.21 Å². The van der Waals surface area contributed by atoms with Crippen molar-refractivity contribution >= 4 is 33.4 Å². The molecule has 3 nitrogen and oxygen atoms in total. The predicted molar refractivity (Wildman–Crippen MR) is 63.3 cm³/mol. The zero-order valence-corrected chi connectivity index (χ0v) is 11.1. The van der Waals surface area contributed by atoms with Crippen molar-refractivity contribution in [1.82, 2.24) is 5.32 Å². The summed E-state index contributed by atoms with van der Waals surface area (Å²) >= 11 is 9.09. The molecule has 84 valence electrons. The van der Waals surface area contributed by atoms with Crippen molar-refractivity contribution in [2.24, 2.45) is 0 Å². The Morgan fingerprint density at radius 1 is 1.60 bits per heavy atom. The predicted octanol–water partition coefficient (Wildman–Crippen LogP) is 3.18. The molecule has 0 bridgehead atoms. The van der Waals surface area contributed by atoms with Crippen molar-refractivity contribution in [3.63, 3.8) is 0 Å². The van der Waals surface area contributed by atoms with Crippen LogP contribution in [0.15, 0.2) is 21.2 Å². The SMILES string of the molecule is CC(Cl)C(C)(C)NC(=O)c1ccc(Br)o1. The lowest BCUT2D eigenvalue weighted by molar-refractivity contribution is 0.0882. The molecule has 0 aliphatic heterocycles. The van der Waals surface area contributed by atoms with Gasteiger partial charge in [0, 0.05) is 0 Å². The summed E-state index contributed by atoms with van der Waals surface area (Å²) in [7, 11) is 0. The summed E-state index contributed by atoms with van der Waals surface area (Å²) in [5.41, 5.74) is -0.474. The van der Waals surface area contributed by atoms with Crippen LogP contribution in [0.5, 0.6) is 0 Å². The van der Waals surface area contributed by atoms with Crippen LogP contribution in [0.1, 0.15) is 31.3 Å². The minimum absolute atomic E-state index is 0.167. The third kappa shape index (κ3) is 3.24. The topological polar surface area (TPSA) is 42.2 Å². The van der Waals surface area contributed by atoms with Gasteiger partial charge in [-0.3, -0.25) is 4.79 Å². The number of alkyl halides is 1. The molecule has 0 saturated carbocycles. The number of nitrogens with one attached hydrogen (secondary N) is 1. The lowest BCUT2D eigenvalue weighted by Gasteiger charge is -2.28. The van der Waals surface area contributed by atoms with Crippen LogP contribution in [0, 0.1) is 0 Å². The number of amides is 1. The quantitative estimate of drug-likeness (QED) is 0.870. The van der Waals surface area contributed by atoms with E-state index in [0.717, 1.165) is 0 Å². The molecule has 1 aromatic rings. The zero-order valence-electron chi connectivity index (χ0n) is 8.80. The van der Waals surface area contributed by atoms with Crippen LogP contribution in [-0.4, -0.2) is 16.8 Å². The first-order valence-corrected chi connectivity index (χ1v) is 5.78. The molecule has 5 heteroatoms. The number of carbonyl (C=O) groups is 1. The van der Waals surface area contributed by atoms with Gasteiger partial charge in [0.15, 0.2) is 10.4 Å². The van der Waals surface area contributed by atoms with Gasteiger partial charge in [-0.2, -0.15) is 0 Å². The number of halogens is 2. The maximum absolute atomic E-state index is 11.7. The van der Waals surface area contributed by atoms with Gasteiger partial charge in [-0.1, -0.05) is 0 Å². The van der Waals surface area contributed by atoms with Crippen LogP contribution in [0.4, 0.5) is 0 Å². The number of rotatable bonds is 3. The van der Waals surface area contributed by atoms with Crippen molar-refractivity contribution in [2.75, 3.05) is 0 Å². The Morgan fingerprint density at radius 2 is 2.20 bits per heavy atom. The van der Waals surface area contributed by atoms with Crippen molar-refractivity contribution in [2.45, 2.75) is 31.7 Å². The highest BCUT2D eigenvalue weighted by molar-refractivity contribution is 9.10. The van der Waals surface area contributed by atoms with E-state index >= 15 is 0 Å². The van der Waals surface area contributed by atoms with Crippen LogP contribution >= 0.6 is 27.5 Å². The molecule has 1 unspecified atom stereocenters. The van der Waals surface area contributed by atoms with E-state index in [0.29, 0.717) is 4.67 Å². The highest BCUT2D eigenvalue weighted by Crippen LogP contribution is 2.18. The molecular weight excluding hydrogens is 281 g/mol. The second kappa shape index (κ2) is 4.58. The lowest BCUT2D eigenvalue weighted by atomic mass is 10.0. The highest BCUT2D eigenvalue weighted by Gasteiger charge is 2.27. The summed E-state index contributed by atoms with van der Waals surface area (Å²) in [5, 5.41) is 2.63. The Labute approximate surface area is 102 Å². The van der Waals surface area contributed by atoms with Gasteiger partial charge in [-0.15, -0.1) is 11.6 Å². The summed E-state index contributed by atoms with van der Waals surface area (Å²) in [6.07, 6.45) is 0.